The quantitative estimate of drug-likeness (QED) is 0.257. The standard InChI is InChI=1S/C28H31N3O3S/c1-5-10-19(13-14-29)21-15-23-25(22-16-30(3)18-34-27(21)22)26(28(32)33-6-2)24(31(23)4)17-35-20-11-8-7-9-12-20/h5,7-15H,1,6,16-18,29H2,2-4H3/b14-13-,19-10+. The Kier molecular flexibility index (Phi) is 7.68. The molecule has 35 heavy (non-hydrogen) atoms. The summed E-state index contributed by atoms with van der Waals surface area (Å²) in [6.07, 6.45) is 7.00. The Bertz CT molecular complexity index is 1310. The van der Waals surface area contributed by atoms with Crippen LogP contribution in [-0.2, 0) is 24.1 Å². The van der Waals surface area contributed by atoms with E-state index in [-0.39, 0.29) is 5.97 Å². The van der Waals surface area contributed by atoms with E-state index in [0.29, 0.717) is 31.2 Å². The molecule has 0 aliphatic carbocycles. The van der Waals surface area contributed by atoms with Gasteiger partial charge in [0.05, 0.1) is 17.7 Å². The van der Waals surface area contributed by atoms with Gasteiger partial charge >= 0.3 is 5.97 Å². The first-order valence-corrected chi connectivity index (χ1v) is 12.5. The van der Waals surface area contributed by atoms with Gasteiger partial charge in [0.15, 0.2) is 0 Å². The van der Waals surface area contributed by atoms with Crippen molar-refractivity contribution in [2.24, 2.45) is 12.8 Å². The van der Waals surface area contributed by atoms with Gasteiger partial charge in [-0.05, 0) is 50.0 Å². The highest BCUT2D eigenvalue weighted by Crippen LogP contribution is 2.43. The molecular weight excluding hydrogens is 458 g/mol. The van der Waals surface area contributed by atoms with Crippen molar-refractivity contribution in [2.75, 3.05) is 20.4 Å². The fourth-order valence-electron chi connectivity index (χ4n) is 4.45. The van der Waals surface area contributed by atoms with Crippen LogP contribution >= 0.6 is 11.8 Å². The molecule has 0 amide bonds. The number of nitrogens with two attached hydrogens (primary N) is 1. The maximum atomic E-state index is 13.3. The van der Waals surface area contributed by atoms with Crippen LogP contribution in [0.4, 0.5) is 0 Å². The number of fused-ring (bicyclic) bond motifs is 3. The van der Waals surface area contributed by atoms with Crippen molar-refractivity contribution >= 4 is 34.2 Å². The fraction of sp³-hybridized carbons (Fsp3) is 0.250. The van der Waals surface area contributed by atoms with Gasteiger partial charge in [0.1, 0.15) is 12.5 Å². The van der Waals surface area contributed by atoms with Gasteiger partial charge in [-0.15, -0.1) is 11.8 Å². The topological polar surface area (TPSA) is 69.7 Å². The van der Waals surface area contributed by atoms with Crippen LogP contribution in [0.5, 0.6) is 5.75 Å². The summed E-state index contributed by atoms with van der Waals surface area (Å²) in [5.41, 5.74) is 11.0. The number of rotatable bonds is 8. The van der Waals surface area contributed by atoms with Crippen LogP contribution in [0.1, 0.15) is 34.1 Å². The molecule has 0 saturated heterocycles. The van der Waals surface area contributed by atoms with Gasteiger partial charge in [-0.1, -0.05) is 36.9 Å². The van der Waals surface area contributed by atoms with Crippen LogP contribution < -0.4 is 10.5 Å². The average Bonchev–Trinajstić information content (AvgIpc) is 3.14. The molecule has 4 rings (SSSR count). The SMILES string of the molecule is C=C/C=C(\C=C/N)c1cc2c(c3c1OCN(C)C3)c(C(=O)OCC)c(CSc1ccccc1)n2C. The Morgan fingerprint density at radius 3 is 2.74 bits per heavy atom. The van der Waals surface area contributed by atoms with E-state index in [0.717, 1.165) is 43.9 Å². The van der Waals surface area contributed by atoms with E-state index in [1.165, 1.54) is 6.20 Å². The van der Waals surface area contributed by atoms with Crippen LogP contribution in [0.3, 0.4) is 0 Å². The number of allylic oxidation sites excluding steroid dienone is 4. The second-order valence-electron chi connectivity index (χ2n) is 8.33. The summed E-state index contributed by atoms with van der Waals surface area (Å²) < 4.78 is 13.9. The fourth-order valence-corrected chi connectivity index (χ4v) is 5.44. The number of hydrogen-bond donors (Lipinski definition) is 1. The molecule has 182 valence electrons. The molecule has 2 aromatic carbocycles. The number of carbonyl (C=O) groups is 1. The lowest BCUT2D eigenvalue weighted by Gasteiger charge is -2.28. The molecule has 1 aliphatic heterocycles. The molecule has 0 atom stereocenters. The molecule has 0 unspecified atom stereocenters. The second kappa shape index (κ2) is 10.9. The van der Waals surface area contributed by atoms with Crippen LogP contribution in [0.25, 0.3) is 16.5 Å². The van der Waals surface area contributed by atoms with Crippen molar-refractivity contribution in [3.8, 4) is 5.75 Å². The molecule has 2 heterocycles. The van der Waals surface area contributed by atoms with Crippen molar-refractivity contribution in [1.82, 2.24) is 9.47 Å². The van der Waals surface area contributed by atoms with E-state index in [1.54, 1.807) is 17.8 Å². The lowest BCUT2D eigenvalue weighted by molar-refractivity contribution is 0.0527. The summed E-state index contributed by atoms with van der Waals surface area (Å²) in [7, 11) is 4.01. The minimum atomic E-state index is -0.311. The van der Waals surface area contributed by atoms with Gasteiger partial charge in [0, 0.05) is 46.4 Å². The van der Waals surface area contributed by atoms with Crippen molar-refractivity contribution in [3.63, 3.8) is 0 Å². The Hall–Kier alpha value is -3.42. The number of nitrogens with zero attached hydrogens (tertiary/aromatic N) is 2. The van der Waals surface area contributed by atoms with Crippen LogP contribution in [-0.4, -0.2) is 35.8 Å². The summed E-state index contributed by atoms with van der Waals surface area (Å²) in [5, 5.41) is 0.884. The van der Waals surface area contributed by atoms with Crippen LogP contribution in [0.15, 0.2) is 72.3 Å². The van der Waals surface area contributed by atoms with Gasteiger partial charge in [0.25, 0.3) is 0 Å². The molecule has 7 heteroatoms. The number of carbonyl (C=O) groups excluding carboxylic acids is 1. The van der Waals surface area contributed by atoms with Gasteiger partial charge in [-0.3, -0.25) is 4.90 Å². The van der Waals surface area contributed by atoms with Crippen LogP contribution in [0, 0.1) is 0 Å². The molecule has 0 bridgehead atoms. The van der Waals surface area contributed by atoms with Gasteiger partial charge in [-0.25, -0.2) is 4.79 Å². The maximum absolute atomic E-state index is 13.3. The monoisotopic (exact) mass is 489 g/mol. The van der Waals surface area contributed by atoms with Gasteiger partial charge in [-0.2, -0.15) is 0 Å². The first-order valence-electron chi connectivity index (χ1n) is 11.5. The lowest BCUT2D eigenvalue weighted by atomic mass is 9.94. The van der Waals surface area contributed by atoms with Crippen molar-refractivity contribution < 1.29 is 14.3 Å². The number of ether oxygens (including phenoxy) is 2. The minimum Gasteiger partial charge on any atom is -0.477 e. The molecule has 1 aromatic heterocycles. The first-order chi connectivity index (χ1) is 17.0. The zero-order valence-electron chi connectivity index (χ0n) is 20.4. The summed E-state index contributed by atoms with van der Waals surface area (Å²) in [4.78, 5) is 16.6. The smallest absolute Gasteiger partial charge is 0.340 e. The van der Waals surface area contributed by atoms with Crippen molar-refractivity contribution in [3.05, 3.63) is 89.8 Å². The number of benzene rings is 2. The predicted molar refractivity (Wildman–Crippen MR) is 143 cm³/mol. The third-order valence-electron chi connectivity index (χ3n) is 6.00. The molecule has 0 saturated carbocycles. The molecule has 0 spiro atoms. The number of hydrogen-bond acceptors (Lipinski definition) is 6. The highest BCUT2D eigenvalue weighted by molar-refractivity contribution is 7.98. The first kappa shape index (κ1) is 24.7. The highest BCUT2D eigenvalue weighted by atomic mass is 32.2. The number of thioether (sulfide) groups is 1. The Morgan fingerprint density at radius 1 is 1.29 bits per heavy atom. The van der Waals surface area contributed by atoms with Gasteiger partial charge in [0.2, 0.25) is 0 Å². The molecule has 3 aromatic rings. The lowest BCUT2D eigenvalue weighted by Crippen LogP contribution is -2.29. The minimum absolute atomic E-state index is 0.310. The summed E-state index contributed by atoms with van der Waals surface area (Å²) in [6.45, 7) is 7.10. The van der Waals surface area contributed by atoms with Crippen molar-refractivity contribution in [2.45, 2.75) is 24.1 Å². The zero-order chi connectivity index (χ0) is 24.9. The molecule has 2 N–H and O–H groups in total. The third kappa shape index (κ3) is 4.88. The number of aromatic nitrogens is 1. The van der Waals surface area contributed by atoms with E-state index < -0.39 is 0 Å². The average molecular weight is 490 g/mol. The van der Waals surface area contributed by atoms with Crippen LogP contribution in [0.2, 0.25) is 0 Å². The molecule has 0 radical (unpaired) electrons. The Morgan fingerprint density at radius 2 is 2.06 bits per heavy atom. The predicted octanol–water partition coefficient (Wildman–Crippen LogP) is 5.47. The maximum Gasteiger partial charge on any atom is 0.340 e. The highest BCUT2D eigenvalue weighted by Gasteiger charge is 2.30. The third-order valence-corrected chi connectivity index (χ3v) is 7.03. The molecule has 6 nitrogen and oxygen atoms in total. The Balaban J connectivity index is 1.99. The van der Waals surface area contributed by atoms with Gasteiger partial charge < -0.3 is 19.8 Å². The van der Waals surface area contributed by atoms with E-state index in [1.807, 2.05) is 51.4 Å². The van der Waals surface area contributed by atoms with E-state index in [9.17, 15) is 4.79 Å². The normalized spacial score (nSPS) is 14.2. The van der Waals surface area contributed by atoms with Crippen molar-refractivity contribution in [1.29, 1.82) is 0 Å². The number of esters is 1. The van der Waals surface area contributed by atoms with E-state index >= 15 is 0 Å². The summed E-state index contributed by atoms with van der Waals surface area (Å²) in [5.74, 6) is 1.08. The summed E-state index contributed by atoms with van der Waals surface area (Å²) in [6, 6.07) is 12.3. The molecule has 0 fully saturated rings. The molecular formula is C28H31N3O3S. The second-order valence-corrected chi connectivity index (χ2v) is 9.38. The van der Waals surface area contributed by atoms with E-state index in [2.05, 4.69) is 34.2 Å². The summed E-state index contributed by atoms with van der Waals surface area (Å²) >= 11 is 1.69. The molecule has 1 aliphatic rings. The number of aryl methyl sites for hydroxylation is 1. The largest absolute Gasteiger partial charge is 0.477 e. The van der Waals surface area contributed by atoms with E-state index in [4.69, 9.17) is 15.2 Å². The Labute approximate surface area is 210 Å². The zero-order valence-corrected chi connectivity index (χ0v) is 21.2.